The largest absolute Gasteiger partial charge is 0.497 e. The van der Waals surface area contributed by atoms with Gasteiger partial charge in [0.15, 0.2) is 0 Å². The second kappa shape index (κ2) is 6.61. The van der Waals surface area contributed by atoms with Gasteiger partial charge in [0.25, 0.3) is 0 Å². The van der Waals surface area contributed by atoms with Crippen molar-refractivity contribution in [2.75, 3.05) is 7.11 Å². The fourth-order valence-electron chi connectivity index (χ4n) is 1.91. The van der Waals surface area contributed by atoms with Crippen molar-refractivity contribution in [2.24, 2.45) is 5.73 Å². The van der Waals surface area contributed by atoms with E-state index in [0.717, 1.165) is 10.0 Å². The van der Waals surface area contributed by atoms with Crippen LogP contribution in [0.15, 0.2) is 40.9 Å². The van der Waals surface area contributed by atoms with Gasteiger partial charge in [-0.3, -0.25) is 0 Å². The molecule has 0 aliphatic rings. The number of nitriles is 1. The quantitative estimate of drug-likeness (QED) is 0.902. The number of ether oxygens (including phenoxy) is 2. The van der Waals surface area contributed by atoms with E-state index < -0.39 is 0 Å². The minimum Gasteiger partial charge on any atom is -0.497 e. The number of nitrogens with zero attached hydrogens (tertiary/aromatic N) is 1. The van der Waals surface area contributed by atoms with Crippen molar-refractivity contribution in [2.45, 2.75) is 13.0 Å². The second-order valence-electron chi connectivity index (χ2n) is 4.58. The van der Waals surface area contributed by atoms with E-state index in [1.54, 1.807) is 25.3 Å². The SMILES string of the molecule is COc1cc(C#N)cc(Oc2ccc(Br)cc2C(C)N)c1. The maximum absolute atomic E-state index is 9.04. The first kappa shape index (κ1) is 15.4. The summed E-state index contributed by atoms with van der Waals surface area (Å²) in [5.74, 6) is 1.77. The monoisotopic (exact) mass is 346 g/mol. The van der Waals surface area contributed by atoms with Crippen LogP contribution in [-0.2, 0) is 0 Å². The Morgan fingerprint density at radius 3 is 2.52 bits per heavy atom. The number of hydrogen-bond donors (Lipinski definition) is 1. The maximum Gasteiger partial charge on any atom is 0.132 e. The summed E-state index contributed by atoms with van der Waals surface area (Å²) in [6.45, 7) is 1.89. The highest BCUT2D eigenvalue weighted by Crippen LogP contribution is 2.33. The lowest BCUT2D eigenvalue weighted by molar-refractivity contribution is 0.408. The van der Waals surface area contributed by atoms with Gasteiger partial charge in [0.1, 0.15) is 17.2 Å². The Morgan fingerprint density at radius 1 is 1.19 bits per heavy atom. The first-order chi connectivity index (χ1) is 10.0. The standard InChI is InChI=1S/C16H15BrN2O2/c1-10(19)15-7-12(17)3-4-16(15)21-14-6-11(9-18)5-13(8-14)20-2/h3-8,10H,19H2,1-2H3. The molecule has 2 rings (SSSR count). The van der Waals surface area contributed by atoms with Crippen LogP contribution >= 0.6 is 15.9 Å². The van der Waals surface area contributed by atoms with Gasteiger partial charge >= 0.3 is 0 Å². The predicted octanol–water partition coefficient (Wildman–Crippen LogP) is 4.14. The van der Waals surface area contributed by atoms with Gasteiger partial charge in [-0.25, -0.2) is 0 Å². The molecule has 0 fully saturated rings. The zero-order chi connectivity index (χ0) is 15.4. The summed E-state index contributed by atoms with van der Waals surface area (Å²) in [6, 6.07) is 12.6. The average Bonchev–Trinajstić information content (AvgIpc) is 2.48. The highest BCUT2D eigenvalue weighted by atomic mass is 79.9. The summed E-state index contributed by atoms with van der Waals surface area (Å²) in [5, 5.41) is 9.04. The highest BCUT2D eigenvalue weighted by molar-refractivity contribution is 9.10. The highest BCUT2D eigenvalue weighted by Gasteiger charge is 2.11. The van der Waals surface area contributed by atoms with E-state index in [4.69, 9.17) is 20.5 Å². The van der Waals surface area contributed by atoms with E-state index in [9.17, 15) is 0 Å². The smallest absolute Gasteiger partial charge is 0.132 e. The van der Waals surface area contributed by atoms with Crippen molar-refractivity contribution >= 4 is 15.9 Å². The van der Waals surface area contributed by atoms with Crippen LogP contribution in [0.3, 0.4) is 0 Å². The zero-order valence-corrected chi connectivity index (χ0v) is 13.3. The first-order valence-electron chi connectivity index (χ1n) is 6.35. The number of methoxy groups -OCH3 is 1. The Bertz CT molecular complexity index is 693. The maximum atomic E-state index is 9.04. The molecular weight excluding hydrogens is 332 g/mol. The van der Waals surface area contributed by atoms with Crippen molar-refractivity contribution in [3.63, 3.8) is 0 Å². The molecule has 0 aromatic heterocycles. The van der Waals surface area contributed by atoms with Crippen LogP contribution in [0.2, 0.25) is 0 Å². The molecule has 4 nitrogen and oxygen atoms in total. The van der Waals surface area contributed by atoms with Gasteiger partial charge in [0.2, 0.25) is 0 Å². The molecule has 21 heavy (non-hydrogen) atoms. The summed E-state index contributed by atoms with van der Waals surface area (Å²) >= 11 is 3.42. The summed E-state index contributed by atoms with van der Waals surface area (Å²) in [6.07, 6.45) is 0. The molecule has 2 aromatic carbocycles. The number of rotatable bonds is 4. The summed E-state index contributed by atoms with van der Waals surface area (Å²) < 4.78 is 12.0. The van der Waals surface area contributed by atoms with Crippen LogP contribution in [0, 0.1) is 11.3 Å². The van der Waals surface area contributed by atoms with Crippen LogP contribution in [0.1, 0.15) is 24.1 Å². The van der Waals surface area contributed by atoms with Crippen molar-refractivity contribution < 1.29 is 9.47 Å². The predicted molar refractivity (Wildman–Crippen MR) is 84.5 cm³/mol. The Hall–Kier alpha value is -2.03. The van der Waals surface area contributed by atoms with Crippen LogP contribution in [0.4, 0.5) is 0 Å². The normalized spacial score (nSPS) is 11.6. The molecule has 0 bridgehead atoms. The van der Waals surface area contributed by atoms with E-state index in [-0.39, 0.29) is 6.04 Å². The molecule has 0 amide bonds. The van der Waals surface area contributed by atoms with E-state index in [2.05, 4.69) is 22.0 Å². The molecule has 5 heteroatoms. The van der Waals surface area contributed by atoms with Gasteiger partial charge in [0, 0.05) is 22.1 Å². The Labute approximate surface area is 132 Å². The van der Waals surface area contributed by atoms with E-state index in [1.165, 1.54) is 0 Å². The Morgan fingerprint density at radius 2 is 1.90 bits per heavy atom. The van der Waals surface area contributed by atoms with Crippen LogP contribution < -0.4 is 15.2 Å². The lowest BCUT2D eigenvalue weighted by Gasteiger charge is -2.15. The van der Waals surface area contributed by atoms with E-state index >= 15 is 0 Å². The first-order valence-corrected chi connectivity index (χ1v) is 7.15. The third-order valence-electron chi connectivity index (χ3n) is 2.94. The molecule has 0 aliphatic carbocycles. The third-order valence-corrected chi connectivity index (χ3v) is 3.43. The molecule has 0 aliphatic heterocycles. The van der Waals surface area contributed by atoms with Crippen LogP contribution in [0.5, 0.6) is 17.2 Å². The van der Waals surface area contributed by atoms with Crippen LogP contribution in [-0.4, -0.2) is 7.11 Å². The van der Waals surface area contributed by atoms with Gasteiger partial charge in [-0.15, -0.1) is 0 Å². The molecule has 2 aromatic rings. The molecule has 108 valence electrons. The average molecular weight is 347 g/mol. The van der Waals surface area contributed by atoms with Gasteiger partial charge < -0.3 is 15.2 Å². The van der Waals surface area contributed by atoms with Crippen molar-refractivity contribution in [3.8, 4) is 23.3 Å². The summed E-state index contributed by atoms with van der Waals surface area (Å²) in [4.78, 5) is 0. The molecule has 2 N–H and O–H groups in total. The van der Waals surface area contributed by atoms with Gasteiger partial charge in [-0.1, -0.05) is 15.9 Å². The van der Waals surface area contributed by atoms with Gasteiger partial charge in [-0.05, 0) is 37.3 Å². The van der Waals surface area contributed by atoms with E-state index in [0.29, 0.717) is 22.8 Å². The second-order valence-corrected chi connectivity index (χ2v) is 5.50. The van der Waals surface area contributed by atoms with Gasteiger partial charge in [0.05, 0.1) is 18.7 Å². The van der Waals surface area contributed by atoms with E-state index in [1.807, 2.05) is 25.1 Å². The van der Waals surface area contributed by atoms with Crippen LogP contribution in [0.25, 0.3) is 0 Å². The Kier molecular flexibility index (Phi) is 4.84. The fraction of sp³-hybridized carbons (Fsp3) is 0.188. The number of halogens is 1. The summed E-state index contributed by atoms with van der Waals surface area (Å²) in [5.41, 5.74) is 7.33. The number of nitrogens with two attached hydrogens (primary N) is 1. The minimum atomic E-state index is -0.168. The molecule has 0 radical (unpaired) electrons. The number of hydrogen-bond acceptors (Lipinski definition) is 4. The molecule has 0 heterocycles. The fourth-order valence-corrected chi connectivity index (χ4v) is 2.29. The molecular formula is C16H15BrN2O2. The Balaban J connectivity index is 2.41. The van der Waals surface area contributed by atoms with Crippen molar-refractivity contribution in [1.82, 2.24) is 0 Å². The van der Waals surface area contributed by atoms with Crippen molar-refractivity contribution in [1.29, 1.82) is 5.26 Å². The molecule has 0 saturated heterocycles. The number of benzene rings is 2. The lowest BCUT2D eigenvalue weighted by Crippen LogP contribution is -2.06. The molecule has 1 atom stereocenters. The topological polar surface area (TPSA) is 68.3 Å². The molecule has 1 unspecified atom stereocenters. The molecule has 0 saturated carbocycles. The molecule has 0 spiro atoms. The zero-order valence-electron chi connectivity index (χ0n) is 11.8. The third kappa shape index (κ3) is 3.75. The minimum absolute atomic E-state index is 0.168. The summed E-state index contributed by atoms with van der Waals surface area (Å²) in [7, 11) is 1.55. The lowest BCUT2D eigenvalue weighted by atomic mass is 10.1. The van der Waals surface area contributed by atoms with Gasteiger partial charge in [-0.2, -0.15) is 5.26 Å². The van der Waals surface area contributed by atoms with Crippen molar-refractivity contribution in [3.05, 3.63) is 52.0 Å².